The molecule has 12 heteroatoms. The van der Waals surface area contributed by atoms with Crippen LogP contribution in [0.25, 0.3) is 0 Å². The standard InChI is InChI=1S/C37H42ClN5O5S/c1-42-19-26(18-39-42)36(45)41-49(46)13-5-3-4-6-33(47-2)28-10-7-24(28)20-43-21-37(17-25-14-29(25)30-16-27(38)9-11-31(30)37)22-48-34-12-8-23(15-32(34)43)35(44)40-49/h4,6,8-9,11-12,15-16,18-19,24-25,28-29,33H,3,5,7,10,13-14,17,20-22H2,1-2H3,(H,40,41,44,45,46)/b6-4+/t24-,25-,28+,29-,33-,37-,49-/m0/s1. The van der Waals surface area contributed by atoms with Crippen LogP contribution in [-0.4, -0.2) is 64.5 Å². The molecule has 2 amide bonds. The number of carbonyl (C=O) groups excluding carboxylic acids is 2. The number of anilines is 1. The second-order valence-electron chi connectivity index (χ2n) is 14.5. The number of carbonyl (C=O) groups is 2. The molecule has 1 spiro atoms. The van der Waals surface area contributed by atoms with Crippen molar-refractivity contribution in [2.24, 2.45) is 29.2 Å². The minimum absolute atomic E-state index is 0.0209. The van der Waals surface area contributed by atoms with Crippen LogP contribution in [0, 0.1) is 17.8 Å². The van der Waals surface area contributed by atoms with Gasteiger partial charge in [0.05, 0.1) is 35.9 Å². The lowest BCUT2D eigenvalue weighted by Crippen LogP contribution is -2.49. The average molecular weight is 704 g/mol. The van der Waals surface area contributed by atoms with Gasteiger partial charge in [0.25, 0.3) is 11.8 Å². The maximum atomic E-state index is 14.2. The van der Waals surface area contributed by atoms with Crippen molar-refractivity contribution in [2.75, 3.05) is 37.5 Å². The Labute approximate surface area is 292 Å². The lowest BCUT2D eigenvalue weighted by molar-refractivity contribution is 0.0131. The van der Waals surface area contributed by atoms with Crippen molar-refractivity contribution in [3.8, 4) is 5.75 Å². The van der Waals surface area contributed by atoms with Gasteiger partial charge in [0.2, 0.25) is 0 Å². The van der Waals surface area contributed by atoms with E-state index >= 15 is 0 Å². The quantitative estimate of drug-likeness (QED) is 0.330. The van der Waals surface area contributed by atoms with Crippen LogP contribution in [-0.2, 0) is 27.1 Å². The molecular formula is C37H42ClN5O5S. The zero-order valence-corrected chi connectivity index (χ0v) is 29.4. The summed E-state index contributed by atoms with van der Waals surface area (Å²) in [5.74, 6) is 1.42. The summed E-state index contributed by atoms with van der Waals surface area (Å²) in [6, 6.07) is 11.7. The van der Waals surface area contributed by atoms with Gasteiger partial charge >= 0.3 is 0 Å². The summed E-state index contributed by atoms with van der Waals surface area (Å²) >= 11 is 6.52. The Morgan fingerprint density at radius 3 is 2.84 bits per heavy atom. The van der Waals surface area contributed by atoms with Crippen LogP contribution in [0.3, 0.4) is 0 Å². The first kappa shape index (κ1) is 32.5. The summed E-state index contributed by atoms with van der Waals surface area (Å²) in [6.07, 6.45) is 12.5. The summed E-state index contributed by atoms with van der Waals surface area (Å²) in [6.45, 7) is 2.05. The summed E-state index contributed by atoms with van der Waals surface area (Å²) < 4.78 is 35.2. The molecule has 2 saturated carbocycles. The topological polar surface area (TPSA) is 115 Å². The van der Waals surface area contributed by atoms with E-state index in [1.165, 1.54) is 34.6 Å². The zero-order valence-electron chi connectivity index (χ0n) is 27.8. The molecule has 7 atom stereocenters. The van der Waals surface area contributed by atoms with E-state index < -0.39 is 21.7 Å². The van der Waals surface area contributed by atoms with Gasteiger partial charge in [0.15, 0.2) is 0 Å². The van der Waals surface area contributed by atoms with Gasteiger partial charge in [-0.3, -0.25) is 19.0 Å². The molecule has 2 aromatic carbocycles. The number of fused-ring (bicyclic) bond motifs is 6. The maximum Gasteiger partial charge on any atom is 0.286 e. The lowest BCUT2D eigenvalue weighted by atomic mass is 9.68. The molecule has 8 rings (SSSR count). The van der Waals surface area contributed by atoms with E-state index in [4.69, 9.17) is 21.1 Å². The molecule has 0 unspecified atom stereocenters. The van der Waals surface area contributed by atoms with Crippen molar-refractivity contribution in [3.05, 3.63) is 88.2 Å². The number of aryl methyl sites for hydroxylation is 1. The predicted octanol–water partition coefficient (Wildman–Crippen LogP) is 6.06. The number of nitrogens with one attached hydrogen (secondary N) is 1. The second kappa shape index (κ2) is 12.6. The summed E-state index contributed by atoms with van der Waals surface area (Å²) in [5.41, 5.74) is 3.80. The van der Waals surface area contributed by atoms with Gasteiger partial charge < -0.3 is 14.4 Å². The van der Waals surface area contributed by atoms with E-state index in [9.17, 15) is 13.8 Å². The van der Waals surface area contributed by atoms with Crippen molar-refractivity contribution >= 4 is 39.0 Å². The van der Waals surface area contributed by atoms with Gasteiger partial charge in [-0.2, -0.15) is 5.10 Å². The molecule has 2 fully saturated rings. The molecule has 3 heterocycles. The molecule has 3 aromatic rings. The van der Waals surface area contributed by atoms with Crippen molar-refractivity contribution in [2.45, 2.75) is 56.0 Å². The van der Waals surface area contributed by atoms with Crippen molar-refractivity contribution in [1.82, 2.24) is 14.5 Å². The van der Waals surface area contributed by atoms with E-state index in [1.54, 1.807) is 20.2 Å². The number of allylic oxidation sites excluding steroid dienone is 1. The molecule has 0 saturated heterocycles. The van der Waals surface area contributed by atoms with Crippen LogP contribution in [0.5, 0.6) is 5.75 Å². The van der Waals surface area contributed by atoms with Gasteiger partial charge in [-0.15, -0.1) is 4.36 Å². The first-order valence-corrected chi connectivity index (χ1v) is 19.3. The van der Waals surface area contributed by atoms with Crippen molar-refractivity contribution in [3.63, 3.8) is 0 Å². The number of rotatable bonds is 3. The fourth-order valence-corrected chi connectivity index (χ4v) is 10.3. The molecule has 10 nitrogen and oxygen atoms in total. The highest BCUT2D eigenvalue weighted by Gasteiger charge is 2.54. The SMILES string of the molecule is CO[C@H]1/C=C/CCC[S@@](=O)(NC(=O)c2cnn(C)c2)=NC(=O)c2ccc3c(c2)N(C[C@@H]2CC[C@H]21)C[C@]1(CO3)C[C@@H]2C[C@@H]2c2cc(Cl)ccc21. The smallest absolute Gasteiger partial charge is 0.286 e. The van der Waals surface area contributed by atoms with Crippen LogP contribution >= 0.6 is 11.6 Å². The van der Waals surface area contributed by atoms with E-state index in [1.807, 2.05) is 18.2 Å². The Morgan fingerprint density at radius 2 is 2.06 bits per heavy atom. The highest BCUT2D eigenvalue weighted by molar-refractivity contribution is 7.92. The van der Waals surface area contributed by atoms with Crippen molar-refractivity contribution in [1.29, 1.82) is 0 Å². The summed E-state index contributed by atoms with van der Waals surface area (Å²) in [5, 5.41) is 4.81. The van der Waals surface area contributed by atoms with Gasteiger partial charge in [-0.25, -0.2) is 4.21 Å². The Morgan fingerprint density at radius 1 is 1.18 bits per heavy atom. The highest BCUT2D eigenvalue weighted by Crippen LogP contribution is 2.61. The third kappa shape index (κ3) is 6.18. The Bertz CT molecular complexity index is 1970. The minimum atomic E-state index is -3.47. The number of ether oxygens (including phenoxy) is 2. The van der Waals surface area contributed by atoms with Gasteiger partial charge in [-0.1, -0.05) is 29.8 Å². The molecule has 2 bridgehead atoms. The molecule has 49 heavy (non-hydrogen) atoms. The normalized spacial score (nSPS) is 32.7. The summed E-state index contributed by atoms with van der Waals surface area (Å²) in [7, 11) is -0.00591. The van der Waals surface area contributed by atoms with Crippen LogP contribution in [0.2, 0.25) is 5.02 Å². The number of halogens is 1. The zero-order chi connectivity index (χ0) is 33.9. The van der Waals surface area contributed by atoms with Gasteiger partial charge in [0, 0.05) is 49.4 Å². The molecule has 1 N–H and O–H groups in total. The molecule has 2 aliphatic heterocycles. The summed E-state index contributed by atoms with van der Waals surface area (Å²) in [4.78, 5) is 29.4. The average Bonchev–Trinajstić information content (AvgIpc) is 3.74. The van der Waals surface area contributed by atoms with E-state index in [0.29, 0.717) is 54.4 Å². The number of methoxy groups -OCH3 is 1. The molecule has 258 valence electrons. The highest BCUT2D eigenvalue weighted by atomic mass is 35.5. The van der Waals surface area contributed by atoms with E-state index in [-0.39, 0.29) is 22.8 Å². The molecule has 3 aliphatic carbocycles. The predicted molar refractivity (Wildman–Crippen MR) is 189 cm³/mol. The number of benzene rings is 2. The first-order valence-electron chi connectivity index (χ1n) is 17.2. The van der Waals surface area contributed by atoms with Crippen LogP contribution < -0.4 is 14.4 Å². The number of amides is 2. The third-order valence-corrected chi connectivity index (χ3v) is 13.3. The second-order valence-corrected chi connectivity index (χ2v) is 17.0. The van der Waals surface area contributed by atoms with Gasteiger partial charge in [-0.05, 0) is 104 Å². The van der Waals surface area contributed by atoms with Gasteiger partial charge in [0.1, 0.15) is 15.7 Å². The van der Waals surface area contributed by atoms with Crippen LogP contribution in [0.1, 0.15) is 76.3 Å². The monoisotopic (exact) mass is 703 g/mol. The molecular weight excluding hydrogens is 662 g/mol. The number of aromatic nitrogens is 2. The number of nitrogens with zero attached hydrogens (tertiary/aromatic N) is 4. The van der Waals surface area contributed by atoms with Crippen LogP contribution in [0.4, 0.5) is 5.69 Å². The number of hydrogen-bond donors (Lipinski definition) is 1. The largest absolute Gasteiger partial charge is 0.490 e. The molecule has 0 radical (unpaired) electrons. The lowest BCUT2D eigenvalue weighted by Gasteiger charge is -2.46. The number of hydrogen-bond acceptors (Lipinski definition) is 7. The van der Waals surface area contributed by atoms with Crippen LogP contribution in [0.15, 0.2) is 65.3 Å². The first-order chi connectivity index (χ1) is 23.6. The van der Waals surface area contributed by atoms with E-state index in [0.717, 1.165) is 43.1 Å². The minimum Gasteiger partial charge on any atom is -0.490 e. The van der Waals surface area contributed by atoms with E-state index in [2.05, 4.69) is 43.4 Å². The van der Waals surface area contributed by atoms with Crippen molar-refractivity contribution < 1.29 is 23.3 Å². The Hall–Kier alpha value is -3.67. The third-order valence-electron chi connectivity index (χ3n) is 11.3. The Kier molecular flexibility index (Phi) is 8.35. The molecule has 5 aliphatic rings. The fraction of sp³-hybridized carbons (Fsp3) is 0.486. The molecule has 1 aromatic heterocycles. The Balaban J connectivity index is 1.20. The fourth-order valence-electron chi connectivity index (χ4n) is 8.58. The maximum absolute atomic E-state index is 14.2.